The first-order valence-corrected chi connectivity index (χ1v) is 11.2. The fraction of sp³-hybridized carbons (Fsp3) is 0.579. The lowest BCUT2D eigenvalue weighted by atomic mass is 9.95. The third kappa shape index (κ3) is 6.95. The van der Waals surface area contributed by atoms with E-state index in [1.54, 1.807) is 31.2 Å². The first-order chi connectivity index (χ1) is 12.8. The van der Waals surface area contributed by atoms with E-state index < -0.39 is 10.0 Å². The quantitative estimate of drug-likeness (QED) is 0.681. The molecule has 1 saturated carbocycles. The molecule has 1 aliphatic carbocycles. The van der Waals surface area contributed by atoms with E-state index in [0.717, 1.165) is 43.9 Å². The summed E-state index contributed by atoms with van der Waals surface area (Å²) in [6.45, 7) is 1.91. The van der Waals surface area contributed by atoms with Crippen molar-refractivity contribution in [1.29, 1.82) is 0 Å². The van der Waals surface area contributed by atoms with E-state index in [1.165, 1.54) is 4.31 Å². The highest BCUT2D eigenvalue weighted by Gasteiger charge is 2.29. The summed E-state index contributed by atoms with van der Waals surface area (Å²) in [5.41, 5.74) is 1.34. The van der Waals surface area contributed by atoms with E-state index in [4.69, 9.17) is 4.74 Å². The van der Waals surface area contributed by atoms with Crippen LogP contribution in [0.15, 0.2) is 24.3 Å². The Morgan fingerprint density at radius 1 is 1.15 bits per heavy atom. The molecule has 0 spiro atoms. The number of hydrogen-bond donors (Lipinski definition) is 1. The number of ether oxygens (including phenoxy) is 1. The first-order valence-electron chi connectivity index (χ1n) is 9.31. The SMILES string of the molecule is CCOC(=O)Cc1ccc(NC(=O)CN(C2CCCCC2)S(C)(=O)=O)cc1. The molecule has 1 amide bonds. The van der Waals surface area contributed by atoms with Crippen molar-refractivity contribution >= 4 is 27.6 Å². The summed E-state index contributed by atoms with van der Waals surface area (Å²) in [6, 6.07) is 6.76. The van der Waals surface area contributed by atoms with Crippen LogP contribution in [0.25, 0.3) is 0 Å². The summed E-state index contributed by atoms with van der Waals surface area (Å²) in [5.74, 6) is -0.672. The molecular weight excluding hydrogens is 368 g/mol. The fourth-order valence-corrected chi connectivity index (χ4v) is 4.42. The number of amides is 1. The maximum Gasteiger partial charge on any atom is 0.310 e. The molecule has 7 nitrogen and oxygen atoms in total. The molecule has 1 fully saturated rings. The molecule has 0 unspecified atom stereocenters. The van der Waals surface area contributed by atoms with Gasteiger partial charge in [0.15, 0.2) is 0 Å². The van der Waals surface area contributed by atoms with Crippen molar-refractivity contribution in [2.45, 2.75) is 51.5 Å². The summed E-state index contributed by atoms with van der Waals surface area (Å²) in [5, 5.41) is 2.73. The summed E-state index contributed by atoms with van der Waals surface area (Å²) >= 11 is 0. The van der Waals surface area contributed by atoms with Gasteiger partial charge in [-0.2, -0.15) is 4.31 Å². The van der Waals surface area contributed by atoms with Crippen LogP contribution in [0.4, 0.5) is 5.69 Å². The molecule has 0 aliphatic heterocycles. The van der Waals surface area contributed by atoms with E-state index in [9.17, 15) is 18.0 Å². The van der Waals surface area contributed by atoms with Crippen LogP contribution in [0, 0.1) is 0 Å². The number of esters is 1. The topological polar surface area (TPSA) is 92.8 Å². The van der Waals surface area contributed by atoms with Crippen LogP contribution < -0.4 is 5.32 Å². The Balaban J connectivity index is 1.95. The fourth-order valence-electron chi connectivity index (χ4n) is 3.31. The number of carbonyl (C=O) groups excluding carboxylic acids is 2. The third-order valence-electron chi connectivity index (χ3n) is 4.60. The number of rotatable bonds is 8. The van der Waals surface area contributed by atoms with Crippen LogP contribution in [-0.4, -0.2) is 50.0 Å². The second-order valence-electron chi connectivity index (χ2n) is 6.83. The Kier molecular flexibility index (Phi) is 7.79. The van der Waals surface area contributed by atoms with E-state index in [-0.39, 0.29) is 30.9 Å². The normalized spacial score (nSPS) is 15.5. The Hall–Kier alpha value is -1.93. The molecule has 1 aromatic rings. The van der Waals surface area contributed by atoms with Gasteiger partial charge in [-0.15, -0.1) is 0 Å². The molecule has 150 valence electrons. The number of sulfonamides is 1. The highest BCUT2D eigenvalue weighted by molar-refractivity contribution is 7.88. The molecule has 0 radical (unpaired) electrons. The molecular formula is C19H28N2O5S. The number of hydrogen-bond acceptors (Lipinski definition) is 5. The Morgan fingerprint density at radius 2 is 1.78 bits per heavy atom. The number of carbonyl (C=O) groups is 2. The van der Waals surface area contributed by atoms with Gasteiger partial charge >= 0.3 is 5.97 Å². The molecule has 1 N–H and O–H groups in total. The van der Waals surface area contributed by atoms with Gasteiger partial charge in [-0.1, -0.05) is 31.4 Å². The average molecular weight is 397 g/mol. The number of anilines is 1. The zero-order valence-electron chi connectivity index (χ0n) is 15.9. The van der Waals surface area contributed by atoms with E-state index >= 15 is 0 Å². The van der Waals surface area contributed by atoms with Crippen molar-refractivity contribution in [1.82, 2.24) is 4.31 Å². The molecule has 1 aromatic carbocycles. The van der Waals surface area contributed by atoms with Crippen molar-refractivity contribution < 1.29 is 22.7 Å². The maximum absolute atomic E-state index is 12.4. The summed E-state index contributed by atoms with van der Waals surface area (Å²) in [7, 11) is -3.46. The molecule has 0 aromatic heterocycles. The van der Waals surface area contributed by atoms with Crippen molar-refractivity contribution in [3.63, 3.8) is 0 Å². The molecule has 2 rings (SSSR count). The van der Waals surface area contributed by atoms with E-state index in [0.29, 0.717) is 12.3 Å². The number of nitrogens with one attached hydrogen (secondary N) is 1. The lowest BCUT2D eigenvalue weighted by Crippen LogP contribution is -2.45. The minimum absolute atomic E-state index is 0.105. The predicted molar refractivity (Wildman–Crippen MR) is 104 cm³/mol. The van der Waals surface area contributed by atoms with Gasteiger partial charge in [0, 0.05) is 11.7 Å². The largest absolute Gasteiger partial charge is 0.466 e. The Bertz CT molecular complexity index is 740. The first kappa shape index (κ1) is 21.4. The molecule has 1 aliphatic rings. The average Bonchev–Trinajstić information content (AvgIpc) is 2.61. The van der Waals surface area contributed by atoms with Crippen molar-refractivity contribution in [2.75, 3.05) is 24.7 Å². The second-order valence-corrected chi connectivity index (χ2v) is 8.76. The van der Waals surface area contributed by atoms with Gasteiger partial charge in [0.05, 0.1) is 25.8 Å². The minimum Gasteiger partial charge on any atom is -0.466 e. The van der Waals surface area contributed by atoms with Crippen LogP contribution in [0.5, 0.6) is 0 Å². The molecule has 0 atom stereocenters. The lowest BCUT2D eigenvalue weighted by molar-refractivity contribution is -0.142. The van der Waals surface area contributed by atoms with Crippen molar-refractivity contribution in [2.24, 2.45) is 0 Å². The van der Waals surface area contributed by atoms with Crippen LogP contribution in [-0.2, 0) is 30.8 Å². The van der Waals surface area contributed by atoms with Crippen molar-refractivity contribution in [3.05, 3.63) is 29.8 Å². The maximum atomic E-state index is 12.4. The Morgan fingerprint density at radius 3 is 2.33 bits per heavy atom. The highest BCUT2D eigenvalue weighted by atomic mass is 32.2. The molecule has 8 heteroatoms. The number of nitrogens with zero attached hydrogens (tertiary/aromatic N) is 1. The Labute approximate surface area is 161 Å². The highest BCUT2D eigenvalue weighted by Crippen LogP contribution is 2.24. The van der Waals surface area contributed by atoms with Gasteiger partial charge in [-0.3, -0.25) is 9.59 Å². The lowest BCUT2D eigenvalue weighted by Gasteiger charge is -2.31. The van der Waals surface area contributed by atoms with Crippen LogP contribution in [0.1, 0.15) is 44.6 Å². The van der Waals surface area contributed by atoms with Gasteiger partial charge in [-0.05, 0) is 37.5 Å². The smallest absolute Gasteiger partial charge is 0.310 e. The number of benzene rings is 1. The van der Waals surface area contributed by atoms with Crippen molar-refractivity contribution in [3.8, 4) is 0 Å². The molecule has 0 saturated heterocycles. The van der Waals surface area contributed by atoms with Gasteiger partial charge in [0.1, 0.15) is 0 Å². The van der Waals surface area contributed by atoms with E-state index in [1.807, 2.05) is 0 Å². The summed E-state index contributed by atoms with van der Waals surface area (Å²) in [4.78, 5) is 23.9. The zero-order chi connectivity index (χ0) is 19.9. The van der Waals surface area contributed by atoms with Gasteiger partial charge in [0.2, 0.25) is 15.9 Å². The van der Waals surface area contributed by atoms with Gasteiger partial charge in [-0.25, -0.2) is 8.42 Å². The van der Waals surface area contributed by atoms with Crippen LogP contribution in [0.3, 0.4) is 0 Å². The predicted octanol–water partition coefficient (Wildman–Crippen LogP) is 2.33. The second kappa shape index (κ2) is 9.85. The molecule has 27 heavy (non-hydrogen) atoms. The zero-order valence-corrected chi connectivity index (χ0v) is 16.8. The summed E-state index contributed by atoms with van der Waals surface area (Å²) in [6.07, 6.45) is 6.00. The third-order valence-corrected chi connectivity index (χ3v) is 5.88. The van der Waals surface area contributed by atoms with Crippen LogP contribution in [0.2, 0.25) is 0 Å². The minimum atomic E-state index is -3.46. The van der Waals surface area contributed by atoms with Gasteiger partial charge < -0.3 is 10.1 Å². The molecule has 0 bridgehead atoms. The van der Waals surface area contributed by atoms with Crippen LogP contribution >= 0.6 is 0 Å². The van der Waals surface area contributed by atoms with E-state index in [2.05, 4.69) is 5.32 Å². The van der Waals surface area contributed by atoms with Gasteiger partial charge in [0.25, 0.3) is 0 Å². The molecule has 0 heterocycles. The summed E-state index contributed by atoms with van der Waals surface area (Å²) < 4.78 is 30.5. The monoisotopic (exact) mass is 396 g/mol. The standard InChI is InChI=1S/C19H28N2O5S/c1-3-26-19(23)13-15-9-11-16(12-10-15)20-18(22)14-21(27(2,24)25)17-7-5-4-6-8-17/h9-12,17H,3-8,13-14H2,1-2H3,(H,20,22).